The van der Waals surface area contributed by atoms with Crippen molar-refractivity contribution in [3.05, 3.63) is 35.4 Å². The molecule has 0 bridgehead atoms. The average Bonchev–Trinajstić information content (AvgIpc) is 2.52. The van der Waals surface area contributed by atoms with Gasteiger partial charge in [-0.15, -0.1) is 12.4 Å². The Balaban J connectivity index is 0.00000529. The minimum atomic E-state index is -4.37. The molecule has 0 spiro atoms. The molecule has 0 saturated carbocycles. The van der Waals surface area contributed by atoms with Crippen LogP contribution < -0.4 is 11.1 Å². The van der Waals surface area contributed by atoms with Crippen molar-refractivity contribution in [3.8, 4) is 0 Å². The zero-order valence-corrected chi connectivity index (χ0v) is 15.1. The van der Waals surface area contributed by atoms with E-state index in [1.54, 1.807) is 13.0 Å². The summed E-state index contributed by atoms with van der Waals surface area (Å²) in [5.41, 5.74) is 5.11. The highest BCUT2D eigenvalue weighted by Crippen LogP contribution is 2.30. The summed E-state index contributed by atoms with van der Waals surface area (Å²) in [5, 5.41) is 2.96. The van der Waals surface area contributed by atoms with Gasteiger partial charge >= 0.3 is 6.18 Å². The predicted molar refractivity (Wildman–Crippen MR) is 92.1 cm³/mol. The van der Waals surface area contributed by atoms with E-state index in [9.17, 15) is 18.0 Å². The normalized spacial score (nSPS) is 13.1. The van der Waals surface area contributed by atoms with Crippen LogP contribution in [0.2, 0.25) is 0 Å². The maximum atomic E-state index is 12.7. The molecule has 3 N–H and O–H groups in total. The van der Waals surface area contributed by atoms with Crippen molar-refractivity contribution in [3.63, 3.8) is 0 Å². The van der Waals surface area contributed by atoms with Crippen LogP contribution in [0.3, 0.4) is 0 Å². The number of carbonyl (C=O) groups is 1. The number of alkyl halides is 3. The number of nitrogens with two attached hydrogens (primary N) is 1. The van der Waals surface area contributed by atoms with Crippen LogP contribution in [0.4, 0.5) is 13.2 Å². The van der Waals surface area contributed by atoms with Crippen molar-refractivity contribution in [1.29, 1.82) is 0 Å². The molecule has 1 unspecified atom stereocenters. The van der Waals surface area contributed by atoms with Crippen molar-refractivity contribution >= 4 is 18.3 Å². The Hall–Kier alpha value is -1.27. The number of carbonyl (C=O) groups excluding carboxylic acids is 1. The zero-order chi connectivity index (χ0) is 17.7. The molecule has 0 saturated heterocycles. The lowest BCUT2D eigenvalue weighted by Gasteiger charge is -2.32. The van der Waals surface area contributed by atoms with Crippen molar-refractivity contribution in [2.24, 2.45) is 11.7 Å². The molecule has 0 aliphatic heterocycles. The summed E-state index contributed by atoms with van der Waals surface area (Å²) in [6.07, 6.45) is -2.70. The lowest BCUT2D eigenvalue weighted by atomic mass is 9.91. The third-order valence-electron chi connectivity index (χ3n) is 4.38. The molecular formula is C17H26ClF3N2O. The minimum absolute atomic E-state index is 0. The number of amides is 1. The van der Waals surface area contributed by atoms with Gasteiger partial charge in [0, 0.05) is 12.5 Å². The number of rotatable bonds is 7. The van der Waals surface area contributed by atoms with Gasteiger partial charge in [0.05, 0.1) is 11.1 Å². The van der Waals surface area contributed by atoms with E-state index >= 15 is 0 Å². The Kier molecular flexibility index (Phi) is 8.78. The summed E-state index contributed by atoms with van der Waals surface area (Å²) >= 11 is 0. The third-order valence-corrected chi connectivity index (χ3v) is 4.38. The maximum Gasteiger partial charge on any atom is 0.416 e. The highest BCUT2D eigenvalue weighted by molar-refractivity contribution is 5.85. The molecule has 0 aromatic heterocycles. The Morgan fingerprint density at radius 1 is 1.25 bits per heavy atom. The van der Waals surface area contributed by atoms with E-state index in [-0.39, 0.29) is 24.7 Å². The first-order valence-electron chi connectivity index (χ1n) is 7.85. The maximum absolute atomic E-state index is 12.7. The largest absolute Gasteiger partial charge is 0.416 e. The van der Waals surface area contributed by atoms with Gasteiger partial charge in [0.2, 0.25) is 5.91 Å². The number of halogens is 4. The highest BCUT2D eigenvalue weighted by Gasteiger charge is 2.31. The molecule has 1 rings (SSSR count). The fourth-order valence-corrected chi connectivity index (χ4v) is 2.47. The first-order valence-corrected chi connectivity index (χ1v) is 7.85. The molecule has 1 aromatic carbocycles. The van der Waals surface area contributed by atoms with E-state index in [0.29, 0.717) is 24.9 Å². The fraction of sp³-hybridized carbons (Fsp3) is 0.588. The van der Waals surface area contributed by atoms with Gasteiger partial charge in [0.15, 0.2) is 0 Å². The summed E-state index contributed by atoms with van der Waals surface area (Å²) in [5.74, 6) is -0.612. The zero-order valence-electron chi connectivity index (χ0n) is 14.2. The Labute approximate surface area is 147 Å². The summed E-state index contributed by atoms with van der Waals surface area (Å²) < 4.78 is 38.2. The van der Waals surface area contributed by atoms with Crippen LogP contribution in [0, 0.1) is 5.92 Å². The molecule has 1 aromatic rings. The Morgan fingerprint density at radius 3 is 2.29 bits per heavy atom. The van der Waals surface area contributed by atoms with E-state index in [4.69, 9.17) is 5.73 Å². The van der Waals surface area contributed by atoms with Gasteiger partial charge in [0.25, 0.3) is 0 Å². The molecular weight excluding hydrogens is 341 g/mol. The van der Waals surface area contributed by atoms with Crippen LogP contribution in [0.15, 0.2) is 24.3 Å². The highest BCUT2D eigenvalue weighted by atomic mass is 35.5. The Morgan fingerprint density at radius 2 is 1.83 bits per heavy atom. The van der Waals surface area contributed by atoms with Crippen molar-refractivity contribution < 1.29 is 18.0 Å². The van der Waals surface area contributed by atoms with Crippen LogP contribution in [-0.2, 0) is 17.4 Å². The second-order valence-corrected chi connectivity index (χ2v) is 5.98. The molecule has 3 nitrogen and oxygen atoms in total. The van der Waals surface area contributed by atoms with Crippen molar-refractivity contribution in [2.75, 3.05) is 6.54 Å². The molecule has 0 aliphatic rings. The first-order chi connectivity index (χ1) is 10.7. The van der Waals surface area contributed by atoms with Gasteiger partial charge in [-0.05, 0) is 30.9 Å². The quantitative estimate of drug-likeness (QED) is 0.768. The van der Waals surface area contributed by atoms with Crippen molar-refractivity contribution in [1.82, 2.24) is 5.32 Å². The third kappa shape index (κ3) is 5.98. The van der Waals surface area contributed by atoms with Crippen LogP contribution >= 0.6 is 12.4 Å². The van der Waals surface area contributed by atoms with Crippen LogP contribution in [0.1, 0.15) is 44.7 Å². The van der Waals surface area contributed by atoms with E-state index < -0.39 is 23.2 Å². The van der Waals surface area contributed by atoms with E-state index in [1.165, 1.54) is 6.07 Å². The van der Waals surface area contributed by atoms with Gasteiger partial charge < -0.3 is 11.1 Å². The first kappa shape index (κ1) is 22.7. The molecule has 0 aliphatic carbocycles. The average molecular weight is 367 g/mol. The Bertz CT molecular complexity index is 523. The molecule has 24 heavy (non-hydrogen) atoms. The molecule has 0 radical (unpaired) electrons. The topological polar surface area (TPSA) is 55.1 Å². The second-order valence-electron chi connectivity index (χ2n) is 5.98. The number of hydrogen-bond acceptors (Lipinski definition) is 2. The standard InChI is InChI=1S/C17H25F3N2O.ClH/c1-4-16(5-2,11-21)22-15(23)12(3)9-13-7-6-8-14(10-13)17(18,19)20;/h6-8,10,12H,4-5,9,11,21H2,1-3H3,(H,22,23);1H. The van der Waals surface area contributed by atoms with Crippen LogP contribution in [0.5, 0.6) is 0 Å². The lowest BCUT2D eigenvalue weighted by Crippen LogP contribution is -2.54. The monoisotopic (exact) mass is 366 g/mol. The van der Waals surface area contributed by atoms with Crippen LogP contribution in [0.25, 0.3) is 0 Å². The van der Waals surface area contributed by atoms with Crippen molar-refractivity contribution in [2.45, 2.75) is 51.7 Å². The fourth-order valence-electron chi connectivity index (χ4n) is 2.47. The molecule has 1 atom stereocenters. The van der Waals surface area contributed by atoms with Gasteiger partial charge in [-0.2, -0.15) is 13.2 Å². The van der Waals surface area contributed by atoms with Crippen LogP contribution in [-0.4, -0.2) is 18.0 Å². The van der Waals surface area contributed by atoms with Gasteiger partial charge in [-0.25, -0.2) is 0 Å². The second kappa shape index (κ2) is 9.28. The summed E-state index contributed by atoms with van der Waals surface area (Å²) in [4.78, 5) is 12.3. The molecule has 7 heteroatoms. The minimum Gasteiger partial charge on any atom is -0.349 e. The predicted octanol–water partition coefficient (Wildman–Crippen LogP) is 3.94. The SMILES string of the molecule is CCC(CC)(CN)NC(=O)C(C)Cc1cccc(C(F)(F)F)c1.Cl. The lowest BCUT2D eigenvalue weighted by molar-refractivity contribution is -0.137. The van der Waals surface area contributed by atoms with Gasteiger partial charge in [-0.3, -0.25) is 4.79 Å². The van der Waals surface area contributed by atoms with Gasteiger partial charge in [0.1, 0.15) is 0 Å². The molecule has 0 fully saturated rings. The number of nitrogens with one attached hydrogen (secondary N) is 1. The summed E-state index contributed by atoms with van der Waals surface area (Å²) in [6.45, 7) is 5.95. The van der Waals surface area contributed by atoms with Gasteiger partial charge in [-0.1, -0.05) is 39.0 Å². The molecule has 1 amide bonds. The molecule has 0 heterocycles. The van der Waals surface area contributed by atoms with E-state index in [1.807, 2.05) is 13.8 Å². The van der Waals surface area contributed by atoms with E-state index in [2.05, 4.69) is 5.32 Å². The summed E-state index contributed by atoms with van der Waals surface area (Å²) in [6, 6.07) is 5.10. The van der Waals surface area contributed by atoms with E-state index in [0.717, 1.165) is 12.1 Å². The number of benzene rings is 1. The number of hydrogen-bond donors (Lipinski definition) is 2. The summed E-state index contributed by atoms with van der Waals surface area (Å²) in [7, 11) is 0. The molecule has 138 valence electrons. The smallest absolute Gasteiger partial charge is 0.349 e.